The summed E-state index contributed by atoms with van der Waals surface area (Å²) in [5, 5.41) is 0. The van der Waals surface area contributed by atoms with E-state index >= 15 is 0 Å². The minimum atomic E-state index is -0.856. The molecule has 3 atom stereocenters. The molecule has 2 aliphatic heterocycles. The molecule has 1 saturated carbocycles. The van der Waals surface area contributed by atoms with Crippen LogP contribution >= 0.6 is 0 Å². The molecule has 0 spiro atoms. The van der Waals surface area contributed by atoms with Crippen LogP contribution in [0.15, 0.2) is 0 Å². The molecule has 110 valence electrons. The van der Waals surface area contributed by atoms with Crippen molar-refractivity contribution in [3.63, 3.8) is 0 Å². The van der Waals surface area contributed by atoms with Crippen LogP contribution in [0.1, 0.15) is 39.0 Å². The van der Waals surface area contributed by atoms with Crippen molar-refractivity contribution < 1.29 is 23.9 Å². The highest BCUT2D eigenvalue weighted by Gasteiger charge is 2.59. The molecule has 6 heteroatoms. The molecule has 0 aromatic rings. The summed E-state index contributed by atoms with van der Waals surface area (Å²) in [5.74, 6) is -1.42. The molecule has 6 nitrogen and oxygen atoms in total. The standard InChI is InChI=1S/C14H19NO5/c1-8(16)20-12-10-7-19-14(18)11(10)15(13(12)17)9-5-3-2-4-6-9/h9-12H,2-7H2,1H3/t10-,11+,12+/m1/s1. The van der Waals surface area contributed by atoms with Crippen LogP contribution in [-0.4, -0.2) is 47.5 Å². The van der Waals surface area contributed by atoms with Crippen molar-refractivity contribution in [3.05, 3.63) is 0 Å². The number of hydrogen-bond acceptors (Lipinski definition) is 5. The molecular weight excluding hydrogens is 262 g/mol. The third kappa shape index (κ3) is 2.07. The van der Waals surface area contributed by atoms with Gasteiger partial charge in [-0.1, -0.05) is 19.3 Å². The van der Waals surface area contributed by atoms with E-state index in [9.17, 15) is 14.4 Å². The number of nitrogens with zero attached hydrogens (tertiary/aromatic N) is 1. The second-order valence-corrected chi connectivity index (χ2v) is 5.81. The minimum Gasteiger partial charge on any atom is -0.464 e. The Labute approximate surface area is 117 Å². The van der Waals surface area contributed by atoms with Crippen LogP contribution in [0.25, 0.3) is 0 Å². The normalized spacial score (nSPS) is 34.0. The van der Waals surface area contributed by atoms with E-state index in [0.717, 1.165) is 25.7 Å². The maximum Gasteiger partial charge on any atom is 0.329 e. The fourth-order valence-corrected chi connectivity index (χ4v) is 3.65. The summed E-state index contributed by atoms with van der Waals surface area (Å²) in [6.07, 6.45) is 4.28. The quantitative estimate of drug-likeness (QED) is 0.694. The Hall–Kier alpha value is -1.59. The van der Waals surface area contributed by atoms with E-state index in [-0.39, 0.29) is 30.4 Å². The summed E-state index contributed by atoms with van der Waals surface area (Å²) in [6.45, 7) is 1.44. The molecule has 0 unspecified atom stereocenters. The van der Waals surface area contributed by atoms with Crippen LogP contribution in [0.3, 0.4) is 0 Å². The molecule has 0 bridgehead atoms. The molecule has 1 amide bonds. The zero-order chi connectivity index (χ0) is 14.3. The smallest absolute Gasteiger partial charge is 0.329 e. The molecule has 0 aromatic heterocycles. The van der Waals surface area contributed by atoms with Crippen LogP contribution in [0.4, 0.5) is 0 Å². The number of rotatable bonds is 2. The van der Waals surface area contributed by atoms with Crippen LogP contribution in [0.2, 0.25) is 0 Å². The highest BCUT2D eigenvalue weighted by molar-refractivity contribution is 5.94. The summed E-state index contributed by atoms with van der Waals surface area (Å²) in [4.78, 5) is 37.3. The number of carbonyl (C=O) groups excluding carboxylic acids is 3. The summed E-state index contributed by atoms with van der Waals surface area (Å²) in [5.41, 5.74) is 0. The fraction of sp³-hybridized carbons (Fsp3) is 0.786. The van der Waals surface area contributed by atoms with Crippen molar-refractivity contribution in [2.75, 3.05) is 6.61 Å². The molecule has 2 heterocycles. The molecular formula is C14H19NO5. The number of ether oxygens (including phenoxy) is 2. The van der Waals surface area contributed by atoms with Crippen molar-refractivity contribution in [1.29, 1.82) is 0 Å². The van der Waals surface area contributed by atoms with Gasteiger partial charge in [0.05, 0.1) is 5.92 Å². The average molecular weight is 281 g/mol. The summed E-state index contributed by atoms with van der Waals surface area (Å²) >= 11 is 0. The zero-order valence-corrected chi connectivity index (χ0v) is 11.5. The van der Waals surface area contributed by atoms with Crippen LogP contribution in [0, 0.1) is 5.92 Å². The zero-order valence-electron chi connectivity index (χ0n) is 11.5. The van der Waals surface area contributed by atoms with Gasteiger partial charge in [0.15, 0.2) is 6.10 Å². The first-order valence-corrected chi connectivity index (χ1v) is 7.25. The molecule has 3 rings (SSSR count). The molecule has 1 aliphatic carbocycles. The van der Waals surface area contributed by atoms with Gasteiger partial charge in [0.2, 0.25) is 0 Å². The Kier molecular flexibility index (Phi) is 3.40. The van der Waals surface area contributed by atoms with Crippen LogP contribution < -0.4 is 0 Å². The first-order valence-electron chi connectivity index (χ1n) is 7.25. The Balaban J connectivity index is 1.86. The van der Waals surface area contributed by atoms with Crippen molar-refractivity contribution in [3.8, 4) is 0 Å². The molecule has 0 N–H and O–H groups in total. The van der Waals surface area contributed by atoms with Crippen molar-refractivity contribution >= 4 is 17.8 Å². The molecule has 0 aromatic carbocycles. The first-order chi connectivity index (χ1) is 9.59. The van der Waals surface area contributed by atoms with Crippen molar-refractivity contribution in [1.82, 2.24) is 4.90 Å². The number of amides is 1. The van der Waals surface area contributed by atoms with E-state index in [1.807, 2.05) is 0 Å². The maximum atomic E-state index is 12.5. The number of fused-ring (bicyclic) bond motifs is 1. The van der Waals surface area contributed by atoms with Gasteiger partial charge in [0, 0.05) is 13.0 Å². The van der Waals surface area contributed by atoms with Gasteiger partial charge in [-0.2, -0.15) is 0 Å². The summed E-state index contributed by atoms with van der Waals surface area (Å²) < 4.78 is 10.2. The number of likely N-dealkylation sites (tertiary alicyclic amines) is 1. The first kappa shape index (κ1) is 13.4. The predicted molar refractivity (Wildman–Crippen MR) is 67.5 cm³/mol. The van der Waals surface area contributed by atoms with Gasteiger partial charge < -0.3 is 14.4 Å². The second kappa shape index (κ2) is 5.07. The molecule has 3 fully saturated rings. The van der Waals surface area contributed by atoms with Gasteiger partial charge in [-0.15, -0.1) is 0 Å². The van der Waals surface area contributed by atoms with E-state index in [0.29, 0.717) is 0 Å². The SMILES string of the molecule is CC(=O)O[C@@H]1C(=O)N(C2CCCCC2)[C@@H]2C(=O)OC[C@@H]12. The molecule has 3 aliphatic rings. The molecule has 0 radical (unpaired) electrons. The molecule has 20 heavy (non-hydrogen) atoms. The van der Waals surface area contributed by atoms with E-state index < -0.39 is 18.1 Å². The Morgan fingerprint density at radius 1 is 1.25 bits per heavy atom. The third-order valence-electron chi connectivity index (χ3n) is 4.51. The Morgan fingerprint density at radius 3 is 2.60 bits per heavy atom. The van der Waals surface area contributed by atoms with Gasteiger partial charge in [-0.05, 0) is 12.8 Å². The topological polar surface area (TPSA) is 72.9 Å². The minimum absolute atomic E-state index is 0.0787. The largest absolute Gasteiger partial charge is 0.464 e. The lowest BCUT2D eigenvalue weighted by atomic mass is 9.93. The Bertz CT molecular complexity index is 443. The number of cyclic esters (lactones) is 1. The fourth-order valence-electron chi connectivity index (χ4n) is 3.65. The van der Waals surface area contributed by atoms with Crippen molar-refractivity contribution in [2.45, 2.75) is 57.2 Å². The van der Waals surface area contributed by atoms with Gasteiger partial charge in [0.1, 0.15) is 12.6 Å². The van der Waals surface area contributed by atoms with Crippen molar-refractivity contribution in [2.24, 2.45) is 5.92 Å². The van der Waals surface area contributed by atoms with Gasteiger partial charge >= 0.3 is 11.9 Å². The second-order valence-electron chi connectivity index (χ2n) is 5.81. The average Bonchev–Trinajstić information content (AvgIpc) is 2.91. The van der Waals surface area contributed by atoms with Gasteiger partial charge in [-0.3, -0.25) is 9.59 Å². The highest BCUT2D eigenvalue weighted by Crippen LogP contribution is 2.38. The summed E-state index contributed by atoms with van der Waals surface area (Å²) in [7, 11) is 0. The number of carbonyl (C=O) groups is 3. The number of hydrogen-bond donors (Lipinski definition) is 0. The molecule has 2 saturated heterocycles. The number of esters is 2. The van der Waals surface area contributed by atoms with E-state index in [2.05, 4.69) is 0 Å². The van der Waals surface area contributed by atoms with E-state index in [1.54, 1.807) is 4.90 Å². The van der Waals surface area contributed by atoms with Crippen LogP contribution in [-0.2, 0) is 23.9 Å². The third-order valence-corrected chi connectivity index (χ3v) is 4.51. The van der Waals surface area contributed by atoms with Gasteiger partial charge in [0.25, 0.3) is 5.91 Å². The van der Waals surface area contributed by atoms with Crippen LogP contribution in [0.5, 0.6) is 0 Å². The lowest BCUT2D eigenvalue weighted by Gasteiger charge is -2.33. The van der Waals surface area contributed by atoms with Gasteiger partial charge in [-0.25, -0.2) is 4.79 Å². The lowest BCUT2D eigenvalue weighted by molar-refractivity contribution is -0.159. The highest BCUT2D eigenvalue weighted by atomic mass is 16.6. The Morgan fingerprint density at radius 2 is 1.95 bits per heavy atom. The van der Waals surface area contributed by atoms with E-state index in [4.69, 9.17) is 9.47 Å². The monoisotopic (exact) mass is 281 g/mol. The predicted octanol–water partition coefficient (Wildman–Crippen LogP) is 0.635. The lowest BCUT2D eigenvalue weighted by Crippen LogP contribution is -2.47. The summed E-state index contributed by atoms with van der Waals surface area (Å²) in [6, 6.07) is -0.482. The maximum absolute atomic E-state index is 12.5. The van der Waals surface area contributed by atoms with E-state index in [1.165, 1.54) is 13.3 Å².